The molecule has 3 rings (SSSR count). The predicted octanol–water partition coefficient (Wildman–Crippen LogP) is 1.61. The molecule has 1 heterocycles. The van der Waals surface area contributed by atoms with Gasteiger partial charge in [-0.05, 0) is 17.7 Å². The van der Waals surface area contributed by atoms with E-state index >= 15 is 0 Å². The molecule has 1 aliphatic rings. The van der Waals surface area contributed by atoms with Crippen molar-refractivity contribution in [2.24, 2.45) is 0 Å². The summed E-state index contributed by atoms with van der Waals surface area (Å²) >= 11 is 0. The third kappa shape index (κ3) is 3.14. The van der Waals surface area contributed by atoms with Crippen LogP contribution in [0.2, 0.25) is 0 Å². The average Bonchev–Trinajstić information content (AvgIpc) is 2.55. The molecule has 0 radical (unpaired) electrons. The lowest BCUT2D eigenvalue weighted by Crippen LogP contribution is -3.10. The molecule has 0 saturated heterocycles. The SMILES string of the molecule is COC(=O)c1ccc(C[NH+]2CCc3ccccc3C2)cc1. The fourth-order valence-corrected chi connectivity index (χ4v) is 2.96. The summed E-state index contributed by atoms with van der Waals surface area (Å²) in [6.07, 6.45) is 1.14. The second-order valence-electron chi connectivity index (χ2n) is 5.56. The van der Waals surface area contributed by atoms with Gasteiger partial charge in [0.15, 0.2) is 0 Å². The Kier molecular flexibility index (Phi) is 4.02. The van der Waals surface area contributed by atoms with Crippen molar-refractivity contribution in [3.8, 4) is 0 Å². The summed E-state index contributed by atoms with van der Waals surface area (Å²) < 4.78 is 4.72. The first-order valence-corrected chi connectivity index (χ1v) is 7.34. The molecule has 0 amide bonds. The summed E-state index contributed by atoms with van der Waals surface area (Å²) in [7, 11) is 1.41. The van der Waals surface area contributed by atoms with E-state index in [1.165, 1.54) is 23.8 Å². The van der Waals surface area contributed by atoms with Crippen LogP contribution >= 0.6 is 0 Å². The van der Waals surface area contributed by atoms with Gasteiger partial charge in [0.1, 0.15) is 13.1 Å². The maximum absolute atomic E-state index is 11.4. The molecule has 3 nitrogen and oxygen atoms in total. The van der Waals surface area contributed by atoms with Crippen LogP contribution in [-0.4, -0.2) is 19.6 Å². The molecule has 0 spiro atoms. The number of carbonyl (C=O) groups excluding carboxylic acids is 1. The summed E-state index contributed by atoms with van der Waals surface area (Å²) in [5, 5.41) is 0. The van der Waals surface area contributed by atoms with Crippen LogP contribution < -0.4 is 4.90 Å². The van der Waals surface area contributed by atoms with Gasteiger partial charge in [-0.3, -0.25) is 0 Å². The van der Waals surface area contributed by atoms with Crippen molar-refractivity contribution in [2.75, 3.05) is 13.7 Å². The minimum absolute atomic E-state index is 0.277. The van der Waals surface area contributed by atoms with Crippen molar-refractivity contribution in [3.63, 3.8) is 0 Å². The van der Waals surface area contributed by atoms with Gasteiger partial charge < -0.3 is 9.64 Å². The molecule has 0 fully saturated rings. The molecule has 1 N–H and O–H groups in total. The molecule has 2 aromatic carbocycles. The van der Waals surface area contributed by atoms with Crippen LogP contribution in [0, 0.1) is 0 Å². The lowest BCUT2D eigenvalue weighted by Gasteiger charge is -2.25. The average molecular weight is 282 g/mol. The smallest absolute Gasteiger partial charge is 0.337 e. The van der Waals surface area contributed by atoms with Crippen LogP contribution in [-0.2, 0) is 24.2 Å². The van der Waals surface area contributed by atoms with E-state index in [4.69, 9.17) is 4.74 Å². The van der Waals surface area contributed by atoms with Gasteiger partial charge >= 0.3 is 5.97 Å². The topological polar surface area (TPSA) is 30.7 Å². The van der Waals surface area contributed by atoms with E-state index in [0.29, 0.717) is 5.56 Å². The largest absolute Gasteiger partial charge is 0.465 e. The van der Waals surface area contributed by atoms with Gasteiger partial charge in [0.05, 0.1) is 19.2 Å². The van der Waals surface area contributed by atoms with Crippen molar-refractivity contribution < 1.29 is 14.4 Å². The van der Waals surface area contributed by atoms with E-state index < -0.39 is 0 Å². The van der Waals surface area contributed by atoms with E-state index in [1.54, 1.807) is 4.90 Å². The van der Waals surface area contributed by atoms with Crippen molar-refractivity contribution >= 4 is 5.97 Å². The van der Waals surface area contributed by atoms with Gasteiger partial charge in [-0.1, -0.05) is 36.4 Å². The number of methoxy groups -OCH3 is 1. The normalized spacial score (nSPS) is 17.1. The number of fused-ring (bicyclic) bond motifs is 1. The number of ether oxygens (including phenoxy) is 1. The predicted molar refractivity (Wildman–Crippen MR) is 81.2 cm³/mol. The summed E-state index contributed by atoms with van der Waals surface area (Å²) in [4.78, 5) is 13.0. The highest BCUT2D eigenvalue weighted by atomic mass is 16.5. The highest BCUT2D eigenvalue weighted by molar-refractivity contribution is 5.89. The number of rotatable bonds is 3. The van der Waals surface area contributed by atoms with Crippen molar-refractivity contribution in [3.05, 3.63) is 70.8 Å². The van der Waals surface area contributed by atoms with Crippen LogP contribution in [0.1, 0.15) is 27.0 Å². The zero-order valence-corrected chi connectivity index (χ0v) is 12.3. The number of hydrogen-bond acceptors (Lipinski definition) is 2. The number of quaternary nitrogens is 1. The van der Waals surface area contributed by atoms with Crippen LogP contribution in [0.4, 0.5) is 0 Å². The van der Waals surface area contributed by atoms with E-state index in [-0.39, 0.29) is 5.97 Å². The van der Waals surface area contributed by atoms with Crippen LogP contribution in [0.15, 0.2) is 48.5 Å². The second-order valence-corrected chi connectivity index (χ2v) is 5.56. The molecule has 0 bridgehead atoms. The van der Waals surface area contributed by atoms with E-state index in [9.17, 15) is 4.79 Å². The molecule has 1 aliphatic heterocycles. The van der Waals surface area contributed by atoms with Gasteiger partial charge in [0.25, 0.3) is 0 Å². The van der Waals surface area contributed by atoms with Crippen molar-refractivity contribution in [1.29, 1.82) is 0 Å². The Bertz CT molecular complexity index is 634. The Morgan fingerprint density at radius 1 is 1.10 bits per heavy atom. The summed E-state index contributed by atoms with van der Waals surface area (Å²) in [6, 6.07) is 16.4. The maximum Gasteiger partial charge on any atom is 0.337 e. The zero-order valence-electron chi connectivity index (χ0n) is 12.3. The van der Waals surface area contributed by atoms with E-state index in [0.717, 1.165) is 26.1 Å². The Labute approximate surface area is 125 Å². The highest BCUT2D eigenvalue weighted by Gasteiger charge is 2.19. The Morgan fingerprint density at radius 3 is 2.52 bits per heavy atom. The lowest BCUT2D eigenvalue weighted by atomic mass is 9.99. The number of nitrogens with one attached hydrogen (secondary N) is 1. The summed E-state index contributed by atoms with van der Waals surface area (Å²) in [5.41, 5.74) is 4.82. The second kappa shape index (κ2) is 6.10. The van der Waals surface area contributed by atoms with Gasteiger partial charge in [-0.25, -0.2) is 4.79 Å². The van der Waals surface area contributed by atoms with E-state index in [1.807, 2.05) is 24.3 Å². The van der Waals surface area contributed by atoms with Crippen LogP contribution in [0.5, 0.6) is 0 Å². The monoisotopic (exact) mass is 282 g/mol. The van der Waals surface area contributed by atoms with Crippen molar-refractivity contribution in [2.45, 2.75) is 19.5 Å². The molecule has 21 heavy (non-hydrogen) atoms. The Hall–Kier alpha value is -2.13. The number of esters is 1. The van der Waals surface area contributed by atoms with Gasteiger partial charge in [-0.2, -0.15) is 0 Å². The third-order valence-electron chi connectivity index (χ3n) is 4.14. The minimum atomic E-state index is -0.277. The number of benzene rings is 2. The summed E-state index contributed by atoms with van der Waals surface area (Å²) in [6.45, 7) is 3.24. The first-order valence-electron chi connectivity index (χ1n) is 7.34. The molecule has 3 heteroatoms. The first-order chi connectivity index (χ1) is 10.3. The molecule has 1 unspecified atom stereocenters. The standard InChI is InChI=1S/C18H19NO2/c1-21-18(20)16-8-6-14(7-9-16)12-19-11-10-15-4-2-3-5-17(15)13-19/h2-9H,10-13H2,1H3/p+1. The fourth-order valence-electron chi connectivity index (χ4n) is 2.96. The quantitative estimate of drug-likeness (QED) is 0.867. The summed E-state index contributed by atoms with van der Waals surface area (Å²) in [5.74, 6) is -0.277. The zero-order chi connectivity index (χ0) is 14.7. The molecule has 1 atom stereocenters. The fraction of sp³-hybridized carbons (Fsp3) is 0.278. The Morgan fingerprint density at radius 2 is 1.81 bits per heavy atom. The molecule has 0 aliphatic carbocycles. The third-order valence-corrected chi connectivity index (χ3v) is 4.14. The number of hydrogen-bond donors (Lipinski definition) is 1. The minimum Gasteiger partial charge on any atom is -0.465 e. The Balaban J connectivity index is 1.66. The molecular weight excluding hydrogens is 262 g/mol. The molecule has 108 valence electrons. The lowest BCUT2D eigenvalue weighted by molar-refractivity contribution is -0.929. The first kappa shape index (κ1) is 13.8. The number of carbonyl (C=O) groups is 1. The molecule has 0 saturated carbocycles. The molecule has 0 aromatic heterocycles. The van der Waals surface area contributed by atoms with Crippen LogP contribution in [0.25, 0.3) is 0 Å². The molecule has 2 aromatic rings. The highest BCUT2D eigenvalue weighted by Crippen LogP contribution is 2.11. The van der Waals surface area contributed by atoms with E-state index in [2.05, 4.69) is 24.3 Å². The van der Waals surface area contributed by atoms with Crippen molar-refractivity contribution in [1.82, 2.24) is 0 Å². The van der Waals surface area contributed by atoms with Gasteiger partial charge in [-0.15, -0.1) is 0 Å². The maximum atomic E-state index is 11.4. The van der Waals surface area contributed by atoms with Crippen LogP contribution in [0.3, 0.4) is 0 Å². The van der Waals surface area contributed by atoms with Gasteiger partial charge in [0.2, 0.25) is 0 Å². The molecular formula is C18H20NO2+. The van der Waals surface area contributed by atoms with Gasteiger partial charge in [0, 0.05) is 17.5 Å².